The van der Waals surface area contributed by atoms with Crippen LogP contribution in [0.25, 0.3) is 0 Å². The van der Waals surface area contributed by atoms with Crippen molar-refractivity contribution in [3.8, 4) is 0 Å². The van der Waals surface area contributed by atoms with Gasteiger partial charge in [-0.3, -0.25) is 9.59 Å². The molecule has 16 heavy (non-hydrogen) atoms. The van der Waals surface area contributed by atoms with E-state index < -0.39 is 0 Å². The van der Waals surface area contributed by atoms with Gasteiger partial charge in [0.2, 0.25) is 11.8 Å². The van der Waals surface area contributed by atoms with E-state index in [9.17, 15) is 9.59 Å². The van der Waals surface area contributed by atoms with E-state index in [1.165, 1.54) is 0 Å². The molecular weight excluding hydrogens is 206 g/mol. The highest BCUT2D eigenvalue weighted by atomic mass is 16.2. The molecule has 0 aromatic rings. The predicted molar refractivity (Wildman–Crippen MR) is 59.8 cm³/mol. The summed E-state index contributed by atoms with van der Waals surface area (Å²) in [5.41, 5.74) is 0. The maximum atomic E-state index is 11.6. The minimum Gasteiger partial charge on any atom is -0.355 e. The molecule has 0 bridgehead atoms. The molecule has 2 amide bonds. The highest BCUT2D eigenvalue weighted by Gasteiger charge is 2.24. The first-order chi connectivity index (χ1) is 7.75. The Bertz CT molecular complexity index is 270. The molecule has 5 heteroatoms. The van der Waals surface area contributed by atoms with Gasteiger partial charge >= 0.3 is 0 Å². The van der Waals surface area contributed by atoms with Crippen molar-refractivity contribution in [2.24, 2.45) is 5.92 Å². The van der Waals surface area contributed by atoms with Gasteiger partial charge in [-0.15, -0.1) is 0 Å². The Labute approximate surface area is 95.3 Å². The summed E-state index contributed by atoms with van der Waals surface area (Å²) in [6.45, 7) is 2.13. The van der Waals surface area contributed by atoms with Gasteiger partial charge in [-0.1, -0.05) is 0 Å². The van der Waals surface area contributed by atoms with E-state index in [0.29, 0.717) is 19.0 Å². The average Bonchev–Trinajstić information content (AvgIpc) is 2.90. The van der Waals surface area contributed by atoms with E-state index >= 15 is 0 Å². The summed E-state index contributed by atoms with van der Waals surface area (Å²) in [7, 11) is 0. The Morgan fingerprint density at radius 1 is 1.25 bits per heavy atom. The molecule has 2 fully saturated rings. The average molecular weight is 225 g/mol. The molecule has 2 aliphatic rings. The maximum absolute atomic E-state index is 11.6. The van der Waals surface area contributed by atoms with Crippen molar-refractivity contribution in [1.29, 1.82) is 0 Å². The van der Waals surface area contributed by atoms with Crippen LogP contribution in [0, 0.1) is 5.92 Å². The second-order valence-corrected chi connectivity index (χ2v) is 4.57. The van der Waals surface area contributed by atoms with Gasteiger partial charge in [0.25, 0.3) is 0 Å². The molecule has 1 aliphatic carbocycles. The first-order valence-electron chi connectivity index (χ1n) is 6.03. The van der Waals surface area contributed by atoms with Gasteiger partial charge in [-0.2, -0.15) is 0 Å². The van der Waals surface area contributed by atoms with Gasteiger partial charge in [-0.05, 0) is 25.8 Å². The SMILES string of the molecule is O=C(CCNC(=O)C1CCNC1)NC1CC1. The summed E-state index contributed by atoms with van der Waals surface area (Å²) in [5.74, 6) is 0.211. The Morgan fingerprint density at radius 3 is 2.69 bits per heavy atom. The van der Waals surface area contributed by atoms with Gasteiger partial charge in [0, 0.05) is 25.6 Å². The summed E-state index contributed by atoms with van der Waals surface area (Å²) >= 11 is 0. The van der Waals surface area contributed by atoms with Gasteiger partial charge in [0.1, 0.15) is 0 Å². The zero-order valence-corrected chi connectivity index (χ0v) is 9.42. The topological polar surface area (TPSA) is 70.2 Å². The molecule has 1 aliphatic heterocycles. The standard InChI is InChI=1S/C11H19N3O2/c15-10(14-9-1-2-9)4-6-13-11(16)8-3-5-12-7-8/h8-9,12H,1-7H2,(H,13,16)(H,14,15). The summed E-state index contributed by atoms with van der Waals surface area (Å²) < 4.78 is 0. The molecule has 0 radical (unpaired) electrons. The van der Waals surface area contributed by atoms with Crippen molar-refractivity contribution in [3.05, 3.63) is 0 Å². The van der Waals surface area contributed by atoms with E-state index in [-0.39, 0.29) is 17.7 Å². The normalized spacial score (nSPS) is 24.1. The molecule has 1 saturated carbocycles. The fourth-order valence-corrected chi connectivity index (χ4v) is 1.85. The fourth-order valence-electron chi connectivity index (χ4n) is 1.85. The maximum Gasteiger partial charge on any atom is 0.224 e. The molecule has 0 spiro atoms. The van der Waals surface area contributed by atoms with Crippen molar-refractivity contribution in [1.82, 2.24) is 16.0 Å². The third kappa shape index (κ3) is 3.48. The van der Waals surface area contributed by atoms with Crippen LogP contribution >= 0.6 is 0 Å². The molecule has 3 N–H and O–H groups in total. The van der Waals surface area contributed by atoms with Crippen molar-refractivity contribution in [2.45, 2.75) is 31.7 Å². The third-order valence-corrected chi connectivity index (χ3v) is 3.02. The second kappa shape index (κ2) is 5.30. The van der Waals surface area contributed by atoms with Gasteiger partial charge in [0.05, 0.1) is 5.92 Å². The molecule has 1 unspecified atom stereocenters. The van der Waals surface area contributed by atoms with Gasteiger partial charge < -0.3 is 16.0 Å². The highest BCUT2D eigenvalue weighted by molar-refractivity contribution is 5.81. The number of hydrogen-bond donors (Lipinski definition) is 3. The molecular formula is C11H19N3O2. The molecule has 5 nitrogen and oxygen atoms in total. The second-order valence-electron chi connectivity index (χ2n) is 4.57. The van der Waals surface area contributed by atoms with Crippen LogP contribution in [0.2, 0.25) is 0 Å². The number of amides is 2. The lowest BCUT2D eigenvalue weighted by Crippen LogP contribution is -2.35. The van der Waals surface area contributed by atoms with Crippen LogP contribution in [0.3, 0.4) is 0 Å². The summed E-state index contributed by atoms with van der Waals surface area (Å²) in [6.07, 6.45) is 3.50. The quantitative estimate of drug-likeness (QED) is 0.584. The summed E-state index contributed by atoms with van der Waals surface area (Å²) in [6, 6.07) is 0.405. The van der Waals surface area contributed by atoms with E-state index in [2.05, 4.69) is 16.0 Å². The van der Waals surface area contributed by atoms with Crippen LogP contribution < -0.4 is 16.0 Å². The van der Waals surface area contributed by atoms with Crippen LogP contribution in [0.1, 0.15) is 25.7 Å². The highest BCUT2D eigenvalue weighted by Crippen LogP contribution is 2.18. The van der Waals surface area contributed by atoms with E-state index in [1.54, 1.807) is 0 Å². The number of carbonyl (C=O) groups is 2. The van der Waals surface area contributed by atoms with E-state index in [0.717, 1.165) is 32.4 Å². The van der Waals surface area contributed by atoms with E-state index in [4.69, 9.17) is 0 Å². The molecule has 1 atom stereocenters. The molecule has 2 rings (SSSR count). The van der Waals surface area contributed by atoms with Crippen LogP contribution in [-0.4, -0.2) is 37.5 Å². The Balaban J connectivity index is 1.55. The van der Waals surface area contributed by atoms with Crippen molar-refractivity contribution in [2.75, 3.05) is 19.6 Å². The first kappa shape index (κ1) is 11.4. The van der Waals surface area contributed by atoms with E-state index in [1.807, 2.05) is 0 Å². The largest absolute Gasteiger partial charge is 0.355 e. The summed E-state index contributed by atoms with van der Waals surface area (Å²) in [4.78, 5) is 22.9. The lowest BCUT2D eigenvalue weighted by molar-refractivity contribution is -0.124. The van der Waals surface area contributed by atoms with Crippen LogP contribution in [0.15, 0.2) is 0 Å². The van der Waals surface area contributed by atoms with Gasteiger partial charge in [0.15, 0.2) is 0 Å². The van der Waals surface area contributed by atoms with Crippen molar-refractivity contribution >= 4 is 11.8 Å². The smallest absolute Gasteiger partial charge is 0.224 e. The van der Waals surface area contributed by atoms with Crippen molar-refractivity contribution < 1.29 is 9.59 Å². The monoisotopic (exact) mass is 225 g/mol. The summed E-state index contributed by atoms with van der Waals surface area (Å²) in [5, 5.41) is 8.85. The molecule has 90 valence electrons. The van der Waals surface area contributed by atoms with Crippen LogP contribution in [0.5, 0.6) is 0 Å². The number of nitrogens with one attached hydrogen (secondary N) is 3. The molecule has 0 aromatic heterocycles. The fraction of sp³-hybridized carbons (Fsp3) is 0.818. The number of hydrogen-bond acceptors (Lipinski definition) is 3. The number of carbonyl (C=O) groups excluding carboxylic acids is 2. The Morgan fingerprint density at radius 2 is 2.06 bits per heavy atom. The predicted octanol–water partition coefficient (Wildman–Crippen LogP) is -0.619. The lowest BCUT2D eigenvalue weighted by Gasteiger charge is -2.09. The third-order valence-electron chi connectivity index (χ3n) is 3.02. The number of rotatable bonds is 5. The molecule has 1 heterocycles. The Hall–Kier alpha value is -1.10. The van der Waals surface area contributed by atoms with Crippen LogP contribution in [0.4, 0.5) is 0 Å². The Kier molecular flexibility index (Phi) is 3.77. The lowest BCUT2D eigenvalue weighted by atomic mass is 10.1. The molecule has 1 saturated heterocycles. The van der Waals surface area contributed by atoms with Crippen LogP contribution in [-0.2, 0) is 9.59 Å². The van der Waals surface area contributed by atoms with Gasteiger partial charge in [-0.25, -0.2) is 0 Å². The van der Waals surface area contributed by atoms with Crippen molar-refractivity contribution in [3.63, 3.8) is 0 Å². The molecule has 0 aromatic carbocycles. The zero-order chi connectivity index (χ0) is 11.4. The first-order valence-corrected chi connectivity index (χ1v) is 6.03. The minimum absolute atomic E-state index is 0.0485. The minimum atomic E-state index is 0.0485. The zero-order valence-electron chi connectivity index (χ0n) is 9.42.